The van der Waals surface area contributed by atoms with Gasteiger partial charge in [-0.25, -0.2) is 0 Å². The van der Waals surface area contributed by atoms with E-state index in [-0.39, 0.29) is 40.5 Å². The number of cyclic esters (lactones) is 2. The summed E-state index contributed by atoms with van der Waals surface area (Å²) in [4.78, 5) is 51.0. The first-order chi connectivity index (χ1) is 15.5. The molecule has 0 N–H and O–H groups in total. The van der Waals surface area contributed by atoms with Gasteiger partial charge in [0.2, 0.25) is 0 Å². The molecule has 0 aromatic heterocycles. The molecule has 6 aliphatic carbocycles. The number of ketones is 1. The molecule has 6 heteroatoms. The summed E-state index contributed by atoms with van der Waals surface area (Å²) in [7, 11) is 0. The number of hydrogen-bond acceptors (Lipinski definition) is 6. The van der Waals surface area contributed by atoms with Gasteiger partial charge in [0.05, 0.1) is 11.8 Å². The first-order valence-corrected chi connectivity index (χ1v) is 12.4. The van der Waals surface area contributed by atoms with Gasteiger partial charge in [0, 0.05) is 23.7 Å². The fourth-order valence-corrected chi connectivity index (χ4v) is 9.75. The Bertz CT molecular complexity index is 1070. The van der Waals surface area contributed by atoms with Crippen LogP contribution in [0.1, 0.15) is 66.2 Å². The number of ether oxygens (including phenoxy) is 2. The van der Waals surface area contributed by atoms with Crippen LogP contribution in [0.15, 0.2) is 23.8 Å². The summed E-state index contributed by atoms with van der Waals surface area (Å²) >= 11 is 0. The maximum atomic E-state index is 13.3. The maximum Gasteiger partial charge on any atom is 0.318 e. The molecule has 176 valence electrons. The fraction of sp³-hybridized carbons (Fsp3) is 0.704. The number of hydrogen-bond donors (Lipinski definition) is 0. The first kappa shape index (κ1) is 21.3. The van der Waals surface area contributed by atoms with Crippen molar-refractivity contribution >= 4 is 23.7 Å². The van der Waals surface area contributed by atoms with Gasteiger partial charge >= 0.3 is 17.9 Å². The summed E-state index contributed by atoms with van der Waals surface area (Å²) in [6.45, 7) is 7.55. The van der Waals surface area contributed by atoms with Crippen LogP contribution in [-0.4, -0.2) is 29.8 Å². The van der Waals surface area contributed by atoms with Crippen LogP contribution in [0.3, 0.4) is 0 Å². The van der Waals surface area contributed by atoms with Crippen molar-refractivity contribution in [1.29, 1.82) is 0 Å². The highest BCUT2D eigenvalue weighted by Crippen LogP contribution is 2.80. The molecule has 2 spiro atoms. The van der Waals surface area contributed by atoms with Gasteiger partial charge in [-0.3, -0.25) is 19.2 Å². The van der Waals surface area contributed by atoms with E-state index in [1.807, 2.05) is 0 Å². The minimum atomic E-state index is -0.612. The highest BCUT2D eigenvalue weighted by atomic mass is 16.6. The molecule has 6 nitrogen and oxygen atoms in total. The lowest BCUT2D eigenvalue weighted by atomic mass is 9.31. The Kier molecular flexibility index (Phi) is 4.03. The van der Waals surface area contributed by atoms with Crippen LogP contribution in [0.2, 0.25) is 0 Å². The fourth-order valence-electron chi connectivity index (χ4n) is 9.75. The van der Waals surface area contributed by atoms with E-state index < -0.39 is 34.6 Å². The molecule has 0 unspecified atom stereocenters. The molecule has 2 bridgehead atoms. The van der Waals surface area contributed by atoms with Crippen LogP contribution in [-0.2, 0) is 28.7 Å². The number of fused-ring (bicyclic) bond motifs is 1. The van der Waals surface area contributed by atoms with E-state index in [9.17, 15) is 19.2 Å². The third-order valence-electron chi connectivity index (χ3n) is 10.9. The van der Waals surface area contributed by atoms with E-state index in [2.05, 4.69) is 32.1 Å². The van der Waals surface area contributed by atoms with Gasteiger partial charge in [-0.1, -0.05) is 37.6 Å². The lowest BCUT2D eigenvalue weighted by Gasteiger charge is -2.71. The lowest BCUT2D eigenvalue weighted by molar-refractivity contribution is -0.175. The Labute approximate surface area is 194 Å². The summed E-state index contributed by atoms with van der Waals surface area (Å²) in [5.74, 6) is -2.02. The second kappa shape index (κ2) is 6.25. The number of esters is 3. The average molecular weight is 453 g/mol. The zero-order valence-electron chi connectivity index (χ0n) is 19.8. The van der Waals surface area contributed by atoms with E-state index in [1.54, 1.807) is 6.92 Å². The summed E-state index contributed by atoms with van der Waals surface area (Å²) < 4.78 is 11.0. The third-order valence-corrected chi connectivity index (χ3v) is 10.9. The predicted molar refractivity (Wildman–Crippen MR) is 117 cm³/mol. The van der Waals surface area contributed by atoms with E-state index in [4.69, 9.17) is 9.47 Å². The molecule has 0 aromatic rings. The molecular formula is C27H32O6. The summed E-state index contributed by atoms with van der Waals surface area (Å²) in [5, 5.41) is 0. The smallest absolute Gasteiger partial charge is 0.318 e. The molecule has 7 aliphatic rings. The van der Waals surface area contributed by atoms with E-state index in [1.165, 1.54) is 12.5 Å². The maximum absolute atomic E-state index is 13.3. The van der Waals surface area contributed by atoms with E-state index >= 15 is 0 Å². The highest BCUT2D eigenvalue weighted by Gasteiger charge is 2.79. The van der Waals surface area contributed by atoms with Crippen molar-refractivity contribution in [2.24, 2.45) is 45.3 Å². The Morgan fingerprint density at radius 3 is 2.45 bits per heavy atom. The summed E-state index contributed by atoms with van der Waals surface area (Å²) in [6.07, 6.45) is 11.0. The summed E-state index contributed by atoms with van der Waals surface area (Å²) in [6, 6.07) is 0. The standard InChI is InChI=1S/C27H32O6/c1-14(28)17-5-6-18-24(17,3)9-8-19-25(4)10-7-16(32-15(2)29)13-26(25)11-12-27(18,19)21-20(26)22(30)33-23(21)31/h8,11-12,16-18,20-21H,5-7,9-10,13H2,1-4H3/t16-,17+,18+,20-,21+,24+,25+,26-,27-/m0/s1. The molecule has 9 atom stereocenters. The molecule has 0 aromatic carbocycles. The second-order valence-electron chi connectivity index (χ2n) is 11.9. The van der Waals surface area contributed by atoms with Crippen LogP contribution in [0.5, 0.6) is 0 Å². The lowest BCUT2D eigenvalue weighted by Crippen LogP contribution is -2.69. The van der Waals surface area contributed by atoms with Crippen molar-refractivity contribution in [2.75, 3.05) is 0 Å². The second-order valence-corrected chi connectivity index (χ2v) is 11.9. The zero-order chi connectivity index (χ0) is 23.6. The van der Waals surface area contributed by atoms with Gasteiger partial charge in [0.25, 0.3) is 0 Å². The van der Waals surface area contributed by atoms with Crippen LogP contribution < -0.4 is 0 Å². The van der Waals surface area contributed by atoms with Gasteiger partial charge < -0.3 is 9.47 Å². The van der Waals surface area contributed by atoms with Crippen molar-refractivity contribution in [3.8, 4) is 0 Å². The largest absolute Gasteiger partial charge is 0.463 e. The number of carbonyl (C=O) groups is 4. The number of rotatable bonds is 2. The van der Waals surface area contributed by atoms with Crippen LogP contribution in [0, 0.1) is 45.3 Å². The average Bonchev–Trinajstić information content (AvgIpc) is 3.25. The van der Waals surface area contributed by atoms with Crippen molar-refractivity contribution in [2.45, 2.75) is 72.3 Å². The van der Waals surface area contributed by atoms with E-state index in [0.29, 0.717) is 6.42 Å². The van der Waals surface area contributed by atoms with Crippen LogP contribution in [0.25, 0.3) is 0 Å². The van der Waals surface area contributed by atoms with Crippen molar-refractivity contribution in [3.63, 3.8) is 0 Å². The minimum absolute atomic E-state index is 0.0317. The number of allylic oxidation sites excluding steroid dienone is 4. The predicted octanol–water partition coefficient (Wildman–Crippen LogP) is 3.93. The van der Waals surface area contributed by atoms with Gasteiger partial charge in [0.1, 0.15) is 11.9 Å². The number of carbonyl (C=O) groups excluding carboxylic acids is 4. The van der Waals surface area contributed by atoms with Crippen molar-refractivity contribution in [1.82, 2.24) is 0 Å². The van der Waals surface area contributed by atoms with Gasteiger partial charge in [-0.15, -0.1) is 0 Å². The Hall–Kier alpha value is -2.24. The van der Waals surface area contributed by atoms with Crippen LogP contribution >= 0.6 is 0 Å². The normalized spacial score (nSPS) is 51.2. The molecule has 7 rings (SSSR count). The molecule has 1 saturated heterocycles. The first-order valence-electron chi connectivity index (χ1n) is 12.4. The van der Waals surface area contributed by atoms with Gasteiger partial charge in [0.15, 0.2) is 0 Å². The molecule has 4 fully saturated rings. The zero-order valence-corrected chi connectivity index (χ0v) is 19.8. The Morgan fingerprint density at radius 1 is 1.03 bits per heavy atom. The minimum Gasteiger partial charge on any atom is -0.463 e. The molecule has 1 heterocycles. The molecular weight excluding hydrogens is 420 g/mol. The molecule has 0 amide bonds. The molecule has 33 heavy (non-hydrogen) atoms. The topological polar surface area (TPSA) is 86.7 Å². The molecule has 1 aliphatic heterocycles. The Balaban J connectivity index is 1.58. The van der Waals surface area contributed by atoms with E-state index in [0.717, 1.165) is 32.1 Å². The van der Waals surface area contributed by atoms with Crippen molar-refractivity contribution < 1.29 is 28.7 Å². The Morgan fingerprint density at radius 2 is 1.76 bits per heavy atom. The SMILES string of the molecule is CC(=O)O[C@H]1CC[C@]2(C)C3=CC[C@]4(C)[C@@H](C(C)=O)CC[C@H]4[C@@]34C=C[C@]2(C1)[C@@H]1C(=O)OC(=O)[C@@H]14. The highest BCUT2D eigenvalue weighted by molar-refractivity contribution is 5.99. The van der Waals surface area contributed by atoms with Gasteiger partial charge in [-0.05, 0) is 62.2 Å². The van der Waals surface area contributed by atoms with Crippen LogP contribution in [0.4, 0.5) is 0 Å². The number of Topliss-reactive ketones (excluding diaryl/α,β-unsaturated/α-hetero) is 1. The third kappa shape index (κ3) is 2.21. The van der Waals surface area contributed by atoms with Crippen molar-refractivity contribution in [3.05, 3.63) is 23.8 Å². The van der Waals surface area contributed by atoms with Gasteiger partial charge in [-0.2, -0.15) is 0 Å². The molecule has 0 radical (unpaired) electrons. The molecule has 3 saturated carbocycles. The summed E-state index contributed by atoms with van der Waals surface area (Å²) in [5.41, 5.74) is -0.495. The monoisotopic (exact) mass is 452 g/mol. The quantitative estimate of drug-likeness (QED) is 0.358.